The number of aromatic nitrogens is 3. The predicted octanol–water partition coefficient (Wildman–Crippen LogP) is 4.88. The van der Waals surface area contributed by atoms with Gasteiger partial charge in [-0.3, -0.25) is 4.79 Å². The van der Waals surface area contributed by atoms with E-state index in [1.165, 1.54) is 40.0 Å². The van der Waals surface area contributed by atoms with Crippen molar-refractivity contribution in [2.24, 2.45) is 28.8 Å². The highest BCUT2D eigenvalue weighted by atomic mass is 32.2. The molecule has 0 spiro atoms. The molecule has 4 fully saturated rings. The standard InChI is InChI=1S/C56H92FN5O16S/c1-16-43-56(10,67)49(64)33(4)45(59-73-15)31(2)26-55(9,72-14)51(34(5)47(35(6)52(66)76-43)77-44-27-54(8,71-13)50(65)36(7)75-44)78-53-46(63)41(25-32(3)74-53)61(11)23-21-40-29-62(60-58-40)42(28-57)48(70-12)38-19-17-37(18-20-38)39-22-24-79(68,69)30-39/h17-20,29,31-36,39,41-44,46-51,53,63-65,67H,16,21-28,30H2,1-15H3/b59-45+/t31-,32-,33+,34+,35-,36+,39?,41+,42-,43-,44+,46-,47+,48-,49-,50+,51-,53+,54-,55-,56-/m1/s1. The average Bonchev–Trinajstić information content (AvgIpc) is 4.08. The van der Waals surface area contributed by atoms with E-state index in [2.05, 4.69) is 15.5 Å². The first-order valence-corrected chi connectivity index (χ1v) is 29.7. The maximum Gasteiger partial charge on any atom is 0.311 e. The minimum absolute atomic E-state index is 0.0813. The lowest BCUT2D eigenvalue weighted by Gasteiger charge is -2.50. The van der Waals surface area contributed by atoms with Crippen molar-refractivity contribution in [3.63, 3.8) is 0 Å². The summed E-state index contributed by atoms with van der Waals surface area (Å²) in [7, 11) is 4.76. The fraction of sp³-hybridized carbons (Fsp3) is 0.821. The lowest BCUT2D eigenvalue weighted by Crippen LogP contribution is -2.61. The zero-order chi connectivity index (χ0) is 58.5. The first-order valence-electron chi connectivity index (χ1n) is 27.9. The Morgan fingerprint density at radius 3 is 2.19 bits per heavy atom. The number of carbonyl (C=O) groups is 1. The van der Waals surface area contributed by atoms with E-state index in [4.69, 9.17) is 42.7 Å². The number of hydrogen-bond acceptors (Lipinski definition) is 20. The van der Waals surface area contributed by atoms with Gasteiger partial charge in [0.25, 0.3) is 0 Å². The molecule has 4 N–H and O–H groups in total. The van der Waals surface area contributed by atoms with Gasteiger partial charge in [-0.1, -0.05) is 62.3 Å². The fourth-order valence-corrected chi connectivity index (χ4v) is 14.4. The quantitative estimate of drug-likeness (QED) is 0.115. The van der Waals surface area contributed by atoms with Crippen LogP contribution in [0, 0.1) is 23.7 Å². The molecule has 1 aromatic heterocycles. The number of esters is 1. The van der Waals surface area contributed by atoms with Crippen LogP contribution in [0.25, 0.3) is 0 Å². The van der Waals surface area contributed by atoms with E-state index in [9.17, 15) is 38.0 Å². The van der Waals surface area contributed by atoms with Crippen LogP contribution in [0.15, 0.2) is 35.6 Å². The molecule has 21 atom stereocenters. The highest BCUT2D eigenvalue weighted by Crippen LogP contribution is 2.43. The van der Waals surface area contributed by atoms with Crippen molar-refractivity contribution in [1.82, 2.24) is 19.9 Å². The van der Waals surface area contributed by atoms with Crippen molar-refractivity contribution < 1.29 is 80.8 Å². The van der Waals surface area contributed by atoms with E-state index in [0.29, 0.717) is 42.8 Å². The smallest absolute Gasteiger partial charge is 0.311 e. The number of likely N-dealkylation sites (N-methyl/N-ethyl adjacent to an activating group) is 1. The molecule has 0 saturated carbocycles. The van der Waals surface area contributed by atoms with Gasteiger partial charge < -0.3 is 68.1 Å². The Bertz CT molecular complexity index is 2420. The van der Waals surface area contributed by atoms with Gasteiger partial charge in [0.2, 0.25) is 0 Å². The molecule has 23 heteroatoms. The van der Waals surface area contributed by atoms with Gasteiger partial charge in [-0.15, -0.1) is 5.10 Å². The van der Waals surface area contributed by atoms with E-state index >= 15 is 0 Å². The summed E-state index contributed by atoms with van der Waals surface area (Å²) in [6, 6.07) is 6.09. The van der Waals surface area contributed by atoms with Gasteiger partial charge >= 0.3 is 5.97 Å². The molecule has 0 radical (unpaired) electrons. The molecule has 0 aliphatic carbocycles. The normalized spacial score (nSPS) is 40.2. The molecule has 6 rings (SSSR count). The largest absolute Gasteiger partial charge is 0.459 e. The van der Waals surface area contributed by atoms with Crippen LogP contribution < -0.4 is 0 Å². The molecule has 0 amide bonds. The van der Waals surface area contributed by atoms with Crippen LogP contribution in [0.4, 0.5) is 4.39 Å². The number of nitrogens with zero attached hydrogens (tertiary/aromatic N) is 5. The van der Waals surface area contributed by atoms with Gasteiger partial charge in [-0.25, -0.2) is 17.5 Å². The number of ether oxygens (including phenoxy) is 8. The maximum atomic E-state index is 15.0. The van der Waals surface area contributed by atoms with Crippen molar-refractivity contribution in [3.05, 3.63) is 47.3 Å². The summed E-state index contributed by atoms with van der Waals surface area (Å²) in [6.07, 6.45) is -7.63. The number of rotatable bonds is 18. The van der Waals surface area contributed by atoms with Crippen LogP contribution >= 0.6 is 0 Å². The molecule has 5 heterocycles. The summed E-state index contributed by atoms with van der Waals surface area (Å²) in [6.45, 7) is 17.1. The molecular formula is C56H92FN5O16S. The molecule has 1 unspecified atom stereocenters. The van der Waals surface area contributed by atoms with Crippen LogP contribution in [0.5, 0.6) is 0 Å². The zero-order valence-electron chi connectivity index (χ0n) is 49.1. The van der Waals surface area contributed by atoms with Gasteiger partial charge in [0.15, 0.2) is 22.4 Å². The molecule has 79 heavy (non-hydrogen) atoms. The van der Waals surface area contributed by atoms with E-state index in [-0.39, 0.29) is 36.7 Å². The van der Waals surface area contributed by atoms with Crippen LogP contribution in [-0.4, -0.2) is 205 Å². The third kappa shape index (κ3) is 14.6. The molecule has 2 aromatic rings. The lowest BCUT2D eigenvalue weighted by atomic mass is 9.73. The van der Waals surface area contributed by atoms with Crippen molar-refractivity contribution >= 4 is 21.5 Å². The maximum absolute atomic E-state index is 15.0. The SMILES string of the molecule is CC[C@H]1OC(=O)[C@H](C)[C@@H](O[C@H]2C[C@@](C)(OC)[C@@H](O)[C@H](C)O2)[C@H](C)[C@@H](O[C@@H]2O[C@H](C)C[C@H](N(C)CCc3cn([C@H](CF)[C@H](OC)c4ccc(C5CCS(=O)(=O)C5)cc4)nn3)[C@H]2O)[C@](C)(OC)C[C@@H](C)/C(=N\OC)[C@H](C)[C@@H](O)[C@]1(C)O. The Labute approximate surface area is 467 Å². The van der Waals surface area contributed by atoms with Crippen molar-refractivity contribution in [1.29, 1.82) is 0 Å². The Morgan fingerprint density at radius 1 is 0.937 bits per heavy atom. The summed E-state index contributed by atoms with van der Waals surface area (Å²) in [4.78, 5) is 22.0. The number of halogens is 1. The van der Waals surface area contributed by atoms with Gasteiger partial charge in [0.05, 0.1) is 70.6 Å². The fourth-order valence-electron chi connectivity index (χ4n) is 12.7. The van der Waals surface area contributed by atoms with E-state index in [0.717, 1.165) is 5.56 Å². The Balaban J connectivity index is 1.28. The van der Waals surface area contributed by atoms with Crippen LogP contribution in [0.3, 0.4) is 0 Å². The third-order valence-electron chi connectivity index (χ3n) is 17.8. The van der Waals surface area contributed by atoms with Crippen LogP contribution in [-0.2, 0) is 63.8 Å². The molecule has 4 saturated heterocycles. The molecule has 450 valence electrons. The number of hydrogen-bond donors (Lipinski definition) is 4. The molecular weight excluding hydrogens is 1050 g/mol. The molecule has 1 aromatic carbocycles. The summed E-state index contributed by atoms with van der Waals surface area (Å²) in [5.41, 5.74) is -1.71. The van der Waals surface area contributed by atoms with E-state index in [1.807, 2.05) is 63.9 Å². The highest BCUT2D eigenvalue weighted by Gasteiger charge is 2.54. The van der Waals surface area contributed by atoms with Crippen LogP contribution in [0.1, 0.15) is 136 Å². The number of benzene rings is 1. The number of cyclic esters (lactones) is 1. The Morgan fingerprint density at radius 2 is 1.61 bits per heavy atom. The second-order valence-corrected chi connectivity index (χ2v) is 25.8. The first kappa shape index (κ1) is 64.9. The summed E-state index contributed by atoms with van der Waals surface area (Å²) in [5, 5.41) is 60.7. The number of sulfone groups is 1. The van der Waals surface area contributed by atoms with Crippen molar-refractivity contribution in [2.45, 2.75) is 210 Å². The molecule has 4 aliphatic rings. The third-order valence-corrected chi connectivity index (χ3v) is 19.5. The van der Waals surface area contributed by atoms with E-state index < -0.39 is 143 Å². The average molecular weight is 1140 g/mol. The van der Waals surface area contributed by atoms with Gasteiger partial charge in [-0.05, 0) is 91.3 Å². The lowest BCUT2D eigenvalue weighted by molar-refractivity contribution is -0.319. The number of oxime groups is 1. The molecule has 4 aliphatic heterocycles. The van der Waals surface area contributed by atoms with Crippen molar-refractivity contribution in [2.75, 3.05) is 60.2 Å². The highest BCUT2D eigenvalue weighted by molar-refractivity contribution is 7.91. The monoisotopic (exact) mass is 1140 g/mol. The van der Waals surface area contributed by atoms with Gasteiger partial charge in [0.1, 0.15) is 49.8 Å². The Hall–Kier alpha value is -3.30. The topological polar surface area (TPSA) is 262 Å². The second-order valence-electron chi connectivity index (χ2n) is 23.5. The van der Waals surface area contributed by atoms with Crippen molar-refractivity contribution in [3.8, 4) is 0 Å². The summed E-state index contributed by atoms with van der Waals surface area (Å²) < 4.78 is 91.8. The first-order chi connectivity index (χ1) is 37.1. The number of alkyl halides is 1. The number of carbonyl (C=O) groups excluding carboxylic acids is 1. The number of aliphatic hydroxyl groups is 4. The minimum atomic E-state index is -3.06. The zero-order valence-corrected chi connectivity index (χ0v) is 49.9. The number of aliphatic hydroxyl groups excluding tert-OH is 3. The molecule has 21 nitrogen and oxygen atoms in total. The summed E-state index contributed by atoms with van der Waals surface area (Å²) >= 11 is 0. The number of methoxy groups -OCH3 is 3. The predicted molar refractivity (Wildman–Crippen MR) is 290 cm³/mol. The summed E-state index contributed by atoms with van der Waals surface area (Å²) in [5.74, 6) is -3.70. The molecule has 0 bridgehead atoms. The second kappa shape index (κ2) is 27.0. The van der Waals surface area contributed by atoms with Gasteiger partial charge in [-0.2, -0.15) is 0 Å². The van der Waals surface area contributed by atoms with E-state index in [1.54, 1.807) is 40.8 Å². The Kier molecular flexibility index (Phi) is 22.1. The van der Waals surface area contributed by atoms with Crippen LogP contribution in [0.2, 0.25) is 0 Å². The minimum Gasteiger partial charge on any atom is -0.459 e. The van der Waals surface area contributed by atoms with Gasteiger partial charge in [0, 0.05) is 70.7 Å².